The van der Waals surface area contributed by atoms with Crippen LogP contribution in [0.1, 0.15) is 24.8 Å². The van der Waals surface area contributed by atoms with Crippen molar-refractivity contribution in [3.05, 3.63) is 35.6 Å². The van der Waals surface area contributed by atoms with Gasteiger partial charge in [0.2, 0.25) is 0 Å². The van der Waals surface area contributed by atoms with E-state index in [1.165, 1.54) is 0 Å². The van der Waals surface area contributed by atoms with Crippen LogP contribution in [0.3, 0.4) is 0 Å². The first-order chi connectivity index (χ1) is 11.7. The van der Waals surface area contributed by atoms with Crippen LogP contribution in [0, 0.1) is 5.82 Å². The summed E-state index contributed by atoms with van der Waals surface area (Å²) >= 11 is 0. The van der Waals surface area contributed by atoms with E-state index in [-0.39, 0.29) is 11.4 Å². The van der Waals surface area contributed by atoms with Gasteiger partial charge in [-0.1, -0.05) is 18.2 Å². The molecule has 0 aromatic heterocycles. The fraction of sp³-hybridized carbons (Fsp3) is 0.684. The Hall–Kier alpha value is -1.01. The molecule has 1 atom stereocenters. The van der Waals surface area contributed by atoms with Crippen molar-refractivity contribution in [3.63, 3.8) is 0 Å². The van der Waals surface area contributed by atoms with Gasteiger partial charge in [-0.25, -0.2) is 4.39 Å². The third-order valence-corrected chi connectivity index (χ3v) is 5.87. The largest absolute Gasteiger partial charge is 0.379 e. The Balaban J connectivity index is 1.30. The van der Waals surface area contributed by atoms with Crippen molar-refractivity contribution in [2.45, 2.75) is 37.5 Å². The normalized spacial score (nSPS) is 28.5. The zero-order chi connectivity index (χ0) is 16.4. The summed E-state index contributed by atoms with van der Waals surface area (Å²) in [6, 6.07) is 7.65. The van der Waals surface area contributed by atoms with Crippen LogP contribution in [0.15, 0.2) is 24.3 Å². The number of hydrogen-bond acceptors (Lipinski definition) is 4. The lowest BCUT2D eigenvalue weighted by Crippen LogP contribution is -2.46. The average Bonchev–Trinajstić information content (AvgIpc) is 3.04. The Bertz CT molecular complexity index is 554. The summed E-state index contributed by atoms with van der Waals surface area (Å²) in [6.45, 7) is 7.30. The lowest BCUT2D eigenvalue weighted by Gasteiger charge is -2.39. The van der Waals surface area contributed by atoms with E-state index in [2.05, 4.69) is 9.80 Å². The molecule has 0 N–H and O–H groups in total. The summed E-state index contributed by atoms with van der Waals surface area (Å²) in [4.78, 5) is 4.89. The standard InChI is InChI=1S/C19H27FN2O2/c20-18-4-2-1-3-16(18)14-21-7-5-19(6-8-21)13-17(15-24-19)22-9-11-23-12-10-22/h1-4,17H,5-15H2. The molecule has 0 aliphatic carbocycles. The van der Waals surface area contributed by atoms with Gasteiger partial charge in [-0.2, -0.15) is 0 Å². The van der Waals surface area contributed by atoms with Gasteiger partial charge in [0.05, 0.1) is 25.4 Å². The molecular formula is C19H27FN2O2. The molecule has 3 saturated heterocycles. The molecule has 1 spiro atoms. The van der Waals surface area contributed by atoms with Crippen LogP contribution in [0.2, 0.25) is 0 Å². The summed E-state index contributed by atoms with van der Waals surface area (Å²) in [5.41, 5.74) is 0.848. The van der Waals surface area contributed by atoms with Crippen LogP contribution < -0.4 is 0 Å². The van der Waals surface area contributed by atoms with Crippen molar-refractivity contribution in [3.8, 4) is 0 Å². The molecule has 1 aromatic carbocycles. The quantitative estimate of drug-likeness (QED) is 0.847. The number of morpholine rings is 1. The number of piperidine rings is 1. The number of halogens is 1. The van der Waals surface area contributed by atoms with E-state index >= 15 is 0 Å². The maximum Gasteiger partial charge on any atom is 0.127 e. The lowest BCUT2D eigenvalue weighted by molar-refractivity contribution is -0.0460. The first-order valence-corrected chi connectivity index (χ1v) is 9.16. The van der Waals surface area contributed by atoms with Crippen LogP contribution >= 0.6 is 0 Å². The summed E-state index contributed by atoms with van der Waals surface area (Å²) < 4.78 is 25.6. The van der Waals surface area contributed by atoms with Gasteiger partial charge in [-0.15, -0.1) is 0 Å². The van der Waals surface area contributed by atoms with E-state index in [0.29, 0.717) is 12.6 Å². The van der Waals surface area contributed by atoms with Gasteiger partial charge >= 0.3 is 0 Å². The molecule has 1 unspecified atom stereocenters. The van der Waals surface area contributed by atoms with Crippen LogP contribution in [-0.4, -0.2) is 67.4 Å². The number of hydrogen-bond donors (Lipinski definition) is 0. The molecule has 0 amide bonds. The highest BCUT2D eigenvalue weighted by Gasteiger charge is 2.44. The van der Waals surface area contributed by atoms with Crippen molar-refractivity contribution in [2.24, 2.45) is 0 Å². The Labute approximate surface area is 143 Å². The van der Waals surface area contributed by atoms with Crippen LogP contribution in [0.4, 0.5) is 4.39 Å². The Morgan fingerprint density at radius 2 is 1.83 bits per heavy atom. The molecule has 0 bridgehead atoms. The van der Waals surface area contributed by atoms with Gasteiger partial charge in [0.1, 0.15) is 5.82 Å². The molecular weight excluding hydrogens is 307 g/mol. The zero-order valence-corrected chi connectivity index (χ0v) is 14.3. The summed E-state index contributed by atoms with van der Waals surface area (Å²) in [7, 11) is 0. The molecule has 0 saturated carbocycles. The number of likely N-dealkylation sites (tertiary alicyclic amines) is 1. The van der Waals surface area contributed by atoms with E-state index < -0.39 is 0 Å². The predicted octanol–water partition coefficient (Wildman–Crippen LogP) is 2.28. The minimum atomic E-state index is -0.0951. The van der Waals surface area contributed by atoms with Gasteiger partial charge in [0.25, 0.3) is 0 Å². The summed E-state index contributed by atoms with van der Waals surface area (Å²) in [6.07, 6.45) is 3.26. The third kappa shape index (κ3) is 3.49. The third-order valence-electron chi connectivity index (χ3n) is 5.87. The maximum absolute atomic E-state index is 13.8. The molecule has 0 radical (unpaired) electrons. The Morgan fingerprint density at radius 3 is 2.58 bits per heavy atom. The molecule has 4 nitrogen and oxygen atoms in total. The second-order valence-corrected chi connectivity index (χ2v) is 7.37. The molecule has 5 heteroatoms. The van der Waals surface area contributed by atoms with E-state index in [1.807, 2.05) is 12.1 Å². The molecule has 3 aliphatic heterocycles. The van der Waals surface area contributed by atoms with Crippen LogP contribution in [-0.2, 0) is 16.0 Å². The fourth-order valence-corrected chi connectivity index (χ4v) is 4.33. The van der Waals surface area contributed by atoms with Crippen molar-refractivity contribution in [1.82, 2.24) is 9.80 Å². The van der Waals surface area contributed by atoms with E-state index in [0.717, 1.165) is 70.8 Å². The van der Waals surface area contributed by atoms with Gasteiger partial charge in [-0.05, 0) is 25.3 Å². The number of nitrogens with zero attached hydrogens (tertiary/aromatic N) is 2. The van der Waals surface area contributed by atoms with E-state index in [4.69, 9.17) is 9.47 Å². The molecule has 3 fully saturated rings. The van der Waals surface area contributed by atoms with Crippen molar-refractivity contribution in [1.29, 1.82) is 0 Å². The highest BCUT2D eigenvalue weighted by molar-refractivity contribution is 5.17. The summed E-state index contributed by atoms with van der Waals surface area (Å²) in [5.74, 6) is -0.0951. The van der Waals surface area contributed by atoms with Crippen molar-refractivity contribution >= 4 is 0 Å². The molecule has 1 aromatic rings. The molecule has 4 rings (SSSR count). The maximum atomic E-state index is 13.8. The van der Waals surface area contributed by atoms with Gasteiger partial charge in [0, 0.05) is 44.3 Å². The monoisotopic (exact) mass is 334 g/mol. The van der Waals surface area contributed by atoms with Crippen molar-refractivity contribution < 1.29 is 13.9 Å². The van der Waals surface area contributed by atoms with Gasteiger partial charge in [-0.3, -0.25) is 9.80 Å². The zero-order valence-electron chi connectivity index (χ0n) is 14.3. The highest BCUT2D eigenvalue weighted by Crippen LogP contribution is 2.38. The van der Waals surface area contributed by atoms with Gasteiger partial charge in [0.15, 0.2) is 0 Å². The molecule has 3 aliphatic rings. The molecule has 3 heterocycles. The number of rotatable bonds is 3. The Morgan fingerprint density at radius 1 is 1.08 bits per heavy atom. The second kappa shape index (κ2) is 7.08. The average molecular weight is 334 g/mol. The topological polar surface area (TPSA) is 24.9 Å². The highest BCUT2D eigenvalue weighted by atomic mass is 19.1. The van der Waals surface area contributed by atoms with Crippen LogP contribution in [0.25, 0.3) is 0 Å². The number of ether oxygens (including phenoxy) is 2. The molecule has 132 valence electrons. The van der Waals surface area contributed by atoms with Crippen LogP contribution in [0.5, 0.6) is 0 Å². The smallest absolute Gasteiger partial charge is 0.127 e. The second-order valence-electron chi connectivity index (χ2n) is 7.37. The SMILES string of the molecule is Fc1ccccc1CN1CCC2(CC1)CC(N1CCOCC1)CO2. The van der Waals surface area contributed by atoms with Crippen molar-refractivity contribution in [2.75, 3.05) is 46.0 Å². The first-order valence-electron chi connectivity index (χ1n) is 9.16. The predicted molar refractivity (Wildman–Crippen MR) is 90.4 cm³/mol. The number of benzene rings is 1. The minimum Gasteiger partial charge on any atom is -0.379 e. The molecule has 24 heavy (non-hydrogen) atoms. The lowest BCUT2D eigenvalue weighted by atomic mass is 9.87. The summed E-state index contributed by atoms with van der Waals surface area (Å²) in [5, 5.41) is 0. The van der Waals surface area contributed by atoms with Gasteiger partial charge < -0.3 is 9.47 Å². The fourth-order valence-electron chi connectivity index (χ4n) is 4.33. The minimum absolute atomic E-state index is 0.0503. The van der Waals surface area contributed by atoms with E-state index in [1.54, 1.807) is 12.1 Å². The Kier molecular flexibility index (Phi) is 4.86. The first kappa shape index (κ1) is 16.5. The van der Waals surface area contributed by atoms with E-state index in [9.17, 15) is 4.39 Å².